The molecule has 0 saturated heterocycles. The molecule has 0 nitrogen and oxygen atoms in total. The Kier molecular flexibility index (Phi) is 4.09. The second kappa shape index (κ2) is 5.23. The van der Waals surface area contributed by atoms with E-state index in [-0.39, 0.29) is 6.08 Å². The van der Waals surface area contributed by atoms with Gasteiger partial charge in [-0.25, -0.2) is 43.9 Å². The summed E-state index contributed by atoms with van der Waals surface area (Å²) in [5.41, 5.74) is -29.2. The van der Waals surface area contributed by atoms with Crippen LogP contribution in [-0.4, -0.2) is 52.5 Å². The van der Waals surface area contributed by atoms with Crippen molar-refractivity contribution in [2.24, 2.45) is 5.41 Å². The summed E-state index contributed by atoms with van der Waals surface area (Å²) in [5, 5.41) is 0. The van der Waals surface area contributed by atoms with Crippen LogP contribution >= 0.6 is 0 Å². The van der Waals surface area contributed by atoms with Crippen LogP contribution < -0.4 is 0 Å². The Hall–Kier alpha value is -1.38. The van der Waals surface area contributed by atoms with Crippen molar-refractivity contribution in [2.45, 2.75) is 72.3 Å². The maximum Gasteiger partial charge on any atom is 0.339 e. The Morgan fingerprint density at radius 3 is 1.00 bits per heavy atom. The van der Waals surface area contributed by atoms with E-state index in [1.807, 2.05) is 0 Å². The molecule has 0 atom stereocenters. The first-order valence-electron chi connectivity index (χ1n) is 8.07. The van der Waals surface area contributed by atoms with Gasteiger partial charge in [-0.1, -0.05) is 6.08 Å². The maximum absolute atomic E-state index is 14.7. The smallest absolute Gasteiger partial charge is 0.223 e. The van der Waals surface area contributed by atoms with Crippen molar-refractivity contribution in [3.63, 3.8) is 0 Å². The third-order valence-corrected chi connectivity index (χ3v) is 6.45. The first kappa shape index (κ1) is 24.3. The SMILES string of the molecule is CC(F)=CCCC12C(F)(F)C3(F)C(F)(F)C(F)(C(F)(F)C(F)(C3(F)F)C1(F)F)C2(F)F. The highest BCUT2D eigenvalue weighted by Gasteiger charge is 3.22. The molecule has 4 fully saturated rings. The van der Waals surface area contributed by atoms with E-state index < -0.39 is 76.6 Å². The van der Waals surface area contributed by atoms with E-state index in [1.165, 1.54) is 0 Å². The van der Waals surface area contributed by atoms with E-state index >= 15 is 0 Å². The van der Waals surface area contributed by atoms with Crippen LogP contribution in [0.5, 0.6) is 0 Å². The van der Waals surface area contributed by atoms with Crippen LogP contribution in [0.25, 0.3) is 0 Å². The summed E-state index contributed by atoms with van der Waals surface area (Å²) in [5.74, 6) is -47.0. The van der Waals surface area contributed by atoms with Gasteiger partial charge in [-0.3, -0.25) is 0 Å². The molecule has 0 radical (unpaired) electrons. The quantitative estimate of drug-likeness (QED) is 0.390. The molecule has 4 aliphatic rings. The minimum Gasteiger partial charge on any atom is -0.223 e. The van der Waals surface area contributed by atoms with Crippen LogP contribution in [0.15, 0.2) is 11.9 Å². The average Bonchev–Trinajstić information content (AvgIpc) is 2.58. The molecule has 4 aliphatic carbocycles. The fourth-order valence-corrected chi connectivity index (χ4v) is 4.92. The summed E-state index contributed by atoms with van der Waals surface area (Å²) < 4.78 is 230. The molecule has 0 heterocycles. The monoisotopic (exact) mass is 492 g/mol. The van der Waals surface area contributed by atoms with Crippen LogP contribution in [0, 0.1) is 5.41 Å². The van der Waals surface area contributed by atoms with E-state index in [0.29, 0.717) is 6.92 Å². The number of halogens is 16. The predicted octanol–water partition coefficient (Wildman–Crippen LogP) is 6.60. The van der Waals surface area contributed by atoms with Gasteiger partial charge in [0.1, 0.15) is 0 Å². The number of hydrogen-bond donors (Lipinski definition) is 0. The van der Waals surface area contributed by atoms with Crippen molar-refractivity contribution in [3.8, 4) is 0 Å². The molecule has 180 valence electrons. The average molecular weight is 492 g/mol. The van der Waals surface area contributed by atoms with Gasteiger partial charge in [0.25, 0.3) is 0 Å². The molecule has 0 unspecified atom stereocenters. The molecular formula is C15H8F16. The lowest BCUT2D eigenvalue weighted by molar-refractivity contribution is -0.613. The second-order valence-corrected chi connectivity index (χ2v) is 7.66. The predicted molar refractivity (Wildman–Crippen MR) is 67.7 cm³/mol. The van der Waals surface area contributed by atoms with Gasteiger partial charge in [-0.05, 0) is 19.8 Å². The zero-order valence-corrected chi connectivity index (χ0v) is 14.5. The molecule has 16 heteroatoms. The zero-order valence-electron chi connectivity index (χ0n) is 14.5. The number of alkyl halides is 15. The molecule has 0 aromatic heterocycles. The van der Waals surface area contributed by atoms with E-state index in [1.54, 1.807) is 0 Å². The topological polar surface area (TPSA) is 0 Å². The molecular weight excluding hydrogens is 484 g/mol. The van der Waals surface area contributed by atoms with Crippen molar-refractivity contribution in [2.75, 3.05) is 0 Å². The Labute approximate surface area is 161 Å². The standard InChI is InChI=1S/C15H8F16/c1-5(16)3-2-4-6-10(20,21)7(17)13(26,27)8(18,11(6,22)23)15(30,31)9(19,12(6,24)25)14(7,28)29/h3H,2,4H2,1H3. The fraction of sp³-hybridized carbons (Fsp3) is 0.867. The highest BCUT2D eigenvalue weighted by Crippen LogP contribution is 2.91. The van der Waals surface area contributed by atoms with Crippen LogP contribution in [0.3, 0.4) is 0 Å². The van der Waals surface area contributed by atoms with Crippen molar-refractivity contribution in [1.82, 2.24) is 0 Å². The lowest BCUT2D eigenvalue weighted by Crippen LogP contribution is -3.07. The first-order valence-corrected chi connectivity index (χ1v) is 8.07. The van der Waals surface area contributed by atoms with Gasteiger partial charge in [0.15, 0.2) is 5.41 Å². The molecule has 0 aliphatic heterocycles. The summed E-state index contributed by atoms with van der Waals surface area (Å²) in [7, 11) is 0. The molecule has 4 bridgehead atoms. The zero-order chi connectivity index (χ0) is 24.7. The lowest BCUT2D eigenvalue weighted by Gasteiger charge is -2.75. The highest BCUT2D eigenvalue weighted by atomic mass is 19.3. The highest BCUT2D eigenvalue weighted by molar-refractivity contribution is 5.52. The molecule has 31 heavy (non-hydrogen) atoms. The third-order valence-electron chi connectivity index (χ3n) is 6.45. The Bertz CT molecular complexity index is 736. The van der Waals surface area contributed by atoms with Gasteiger partial charge in [-0.15, -0.1) is 0 Å². The van der Waals surface area contributed by atoms with Gasteiger partial charge in [-0.2, -0.15) is 26.3 Å². The van der Waals surface area contributed by atoms with Crippen LogP contribution in [0.1, 0.15) is 19.8 Å². The van der Waals surface area contributed by atoms with Gasteiger partial charge in [0.05, 0.1) is 5.83 Å². The minimum atomic E-state index is -7.78. The van der Waals surface area contributed by atoms with Gasteiger partial charge in [0, 0.05) is 0 Å². The summed E-state index contributed by atoms with van der Waals surface area (Å²) in [6.07, 6.45) is -4.86. The number of allylic oxidation sites excluding steroid dienone is 2. The molecule has 0 amide bonds. The van der Waals surface area contributed by atoms with Crippen LogP contribution in [0.2, 0.25) is 0 Å². The fourth-order valence-electron chi connectivity index (χ4n) is 4.92. The van der Waals surface area contributed by atoms with E-state index in [2.05, 4.69) is 0 Å². The van der Waals surface area contributed by atoms with E-state index in [4.69, 9.17) is 0 Å². The Morgan fingerprint density at radius 2 is 0.774 bits per heavy atom. The van der Waals surface area contributed by atoms with Gasteiger partial charge < -0.3 is 0 Å². The molecule has 4 saturated carbocycles. The second-order valence-electron chi connectivity index (χ2n) is 7.66. The van der Waals surface area contributed by atoms with Gasteiger partial charge >= 0.3 is 52.5 Å². The normalized spacial score (nSPS) is 47.5. The number of hydrogen-bond acceptors (Lipinski definition) is 0. The lowest BCUT2D eigenvalue weighted by atomic mass is 9.36. The maximum atomic E-state index is 14.7. The Balaban J connectivity index is 2.60. The van der Waals surface area contributed by atoms with E-state index in [9.17, 15) is 70.2 Å². The van der Waals surface area contributed by atoms with Crippen molar-refractivity contribution >= 4 is 0 Å². The molecule has 0 spiro atoms. The molecule has 0 aromatic carbocycles. The first-order chi connectivity index (χ1) is 13.4. The van der Waals surface area contributed by atoms with Gasteiger partial charge in [0.2, 0.25) is 0 Å². The van der Waals surface area contributed by atoms with Crippen molar-refractivity contribution in [3.05, 3.63) is 11.9 Å². The number of rotatable bonds is 3. The van der Waals surface area contributed by atoms with E-state index in [0.717, 1.165) is 0 Å². The molecule has 0 aromatic rings. The summed E-state index contributed by atoms with van der Waals surface area (Å²) in [4.78, 5) is 0. The summed E-state index contributed by atoms with van der Waals surface area (Å²) >= 11 is 0. The third kappa shape index (κ3) is 1.57. The van der Waals surface area contributed by atoms with Crippen LogP contribution in [0.4, 0.5) is 70.2 Å². The van der Waals surface area contributed by atoms with Crippen LogP contribution in [-0.2, 0) is 0 Å². The van der Waals surface area contributed by atoms with Crippen molar-refractivity contribution < 1.29 is 70.2 Å². The minimum absolute atomic E-state index is 0.0873. The summed E-state index contributed by atoms with van der Waals surface area (Å²) in [6, 6.07) is 0. The largest absolute Gasteiger partial charge is 0.339 e. The Morgan fingerprint density at radius 1 is 0.516 bits per heavy atom. The molecule has 4 rings (SSSR count). The summed E-state index contributed by atoms with van der Waals surface area (Å²) in [6.45, 7) is 0.453. The van der Waals surface area contributed by atoms with Crippen molar-refractivity contribution in [1.29, 1.82) is 0 Å². The molecule has 0 N–H and O–H groups in total.